The van der Waals surface area contributed by atoms with Crippen LogP contribution in [0.3, 0.4) is 0 Å². The summed E-state index contributed by atoms with van der Waals surface area (Å²) >= 11 is 1.58. The van der Waals surface area contributed by atoms with Crippen molar-refractivity contribution in [3.8, 4) is 10.6 Å². The molecule has 0 unspecified atom stereocenters. The Kier molecular flexibility index (Phi) is 5.35. The highest BCUT2D eigenvalue weighted by atomic mass is 32.1. The fourth-order valence-electron chi connectivity index (χ4n) is 3.39. The van der Waals surface area contributed by atoms with Gasteiger partial charge in [0.15, 0.2) is 0 Å². The first-order valence-electron chi connectivity index (χ1n) is 9.43. The molecule has 150 valence electrons. The summed E-state index contributed by atoms with van der Waals surface area (Å²) in [5.74, 6) is 1.32. The molecule has 1 N–H and O–H groups in total. The number of aromatic nitrogens is 1. The number of nitrogens with zero attached hydrogens (tertiary/aromatic N) is 3. The number of urea groups is 1. The molecular weight excluding hydrogens is 388 g/mol. The summed E-state index contributed by atoms with van der Waals surface area (Å²) in [6, 6.07) is 9.25. The van der Waals surface area contributed by atoms with Gasteiger partial charge in [0.2, 0.25) is 0 Å². The molecular formula is C21H22N4O3S. The Balaban J connectivity index is 1.32. The number of benzene rings is 1. The normalized spacial score (nSPS) is 14.1. The minimum absolute atomic E-state index is 0.0443. The van der Waals surface area contributed by atoms with Crippen LogP contribution in [0.2, 0.25) is 0 Å². The van der Waals surface area contributed by atoms with Gasteiger partial charge >= 0.3 is 6.03 Å². The Morgan fingerprint density at radius 2 is 1.76 bits per heavy atom. The minimum Gasteiger partial charge on any atom is -0.466 e. The maximum atomic E-state index is 12.7. The number of carbonyl (C=O) groups excluding carboxylic acids is 2. The van der Waals surface area contributed by atoms with Gasteiger partial charge in [0, 0.05) is 49.0 Å². The Morgan fingerprint density at radius 1 is 1.07 bits per heavy atom. The third kappa shape index (κ3) is 4.17. The molecule has 0 radical (unpaired) electrons. The Hall–Kier alpha value is -3.13. The van der Waals surface area contributed by atoms with Gasteiger partial charge in [-0.2, -0.15) is 0 Å². The Morgan fingerprint density at radius 3 is 2.34 bits per heavy atom. The van der Waals surface area contributed by atoms with E-state index in [4.69, 9.17) is 4.42 Å². The van der Waals surface area contributed by atoms with Crippen LogP contribution in [-0.4, -0.2) is 52.9 Å². The molecule has 2 aromatic heterocycles. The van der Waals surface area contributed by atoms with E-state index >= 15 is 0 Å². The van der Waals surface area contributed by atoms with Crippen molar-refractivity contribution in [2.24, 2.45) is 0 Å². The smallest absolute Gasteiger partial charge is 0.321 e. The van der Waals surface area contributed by atoms with Crippen LogP contribution >= 0.6 is 11.3 Å². The average molecular weight is 410 g/mol. The first-order chi connectivity index (χ1) is 14.0. The number of thiazole rings is 1. The second-order valence-electron chi connectivity index (χ2n) is 6.95. The molecule has 3 amide bonds. The second kappa shape index (κ2) is 8.08. The minimum atomic E-state index is -0.158. The largest absolute Gasteiger partial charge is 0.466 e. The van der Waals surface area contributed by atoms with E-state index < -0.39 is 0 Å². The van der Waals surface area contributed by atoms with Gasteiger partial charge in [-0.05, 0) is 44.2 Å². The number of hydrogen-bond acceptors (Lipinski definition) is 5. The van der Waals surface area contributed by atoms with Crippen molar-refractivity contribution in [2.45, 2.75) is 13.8 Å². The lowest BCUT2D eigenvalue weighted by Gasteiger charge is -2.34. The van der Waals surface area contributed by atoms with E-state index in [9.17, 15) is 9.59 Å². The molecule has 0 saturated carbocycles. The van der Waals surface area contributed by atoms with E-state index in [1.54, 1.807) is 40.3 Å². The van der Waals surface area contributed by atoms with E-state index in [1.165, 1.54) is 0 Å². The number of aryl methyl sites for hydroxylation is 2. The zero-order chi connectivity index (χ0) is 20.4. The zero-order valence-electron chi connectivity index (χ0n) is 16.3. The van der Waals surface area contributed by atoms with Gasteiger partial charge in [-0.1, -0.05) is 0 Å². The number of nitrogens with one attached hydrogen (secondary N) is 1. The molecule has 4 rings (SSSR count). The fourth-order valence-corrected chi connectivity index (χ4v) is 4.04. The molecule has 7 nitrogen and oxygen atoms in total. The maximum Gasteiger partial charge on any atom is 0.321 e. The predicted molar refractivity (Wildman–Crippen MR) is 112 cm³/mol. The van der Waals surface area contributed by atoms with Gasteiger partial charge in [-0.25, -0.2) is 9.78 Å². The van der Waals surface area contributed by atoms with E-state index in [0.717, 1.165) is 22.0 Å². The monoisotopic (exact) mass is 410 g/mol. The summed E-state index contributed by atoms with van der Waals surface area (Å²) in [5.41, 5.74) is 2.36. The van der Waals surface area contributed by atoms with Gasteiger partial charge in [-0.15, -0.1) is 11.3 Å². The molecule has 1 aliphatic heterocycles. The number of rotatable bonds is 3. The van der Waals surface area contributed by atoms with Crippen LogP contribution < -0.4 is 5.32 Å². The third-order valence-electron chi connectivity index (χ3n) is 4.94. The summed E-state index contributed by atoms with van der Waals surface area (Å²) in [6.45, 7) is 5.60. The van der Waals surface area contributed by atoms with Gasteiger partial charge in [-0.3, -0.25) is 4.79 Å². The van der Waals surface area contributed by atoms with Crippen molar-refractivity contribution in [1.82, 2.24) is 14.8 Å². The predicted octanol–water partition coefficient (Wildman–Crippen LogP) is 4.01. The molecule has 1 fully saturated rings. The Bertz CT molecular complexity index is 1000. The van der Waals surface area contributed by atoms with Crippen LogP contribution in [0.1, 0.15) is 21.9 Å². The number of amides is 3. The van der Waals surface area contributed by atoms with Gasteiger partial charge in [0.05, 0.1) is 5.56 Å². The number of furan rings is 1. The highest BCUT2D eigenvalue weighted by molar-refractivity contribution is 7.13. The van der Waals surface area contributed by atoms with Crippen LogP contribution in [-0.2, 0) is 0 Å². The second-order valence-corrected chi connectivity index (χ2v) is 7.85. The van der Waals surface area contributed by atoms with Crippen molar-refractivity contribution in [3.63, 3.8) is 0 Å². The SMILES string of the molecule is Cc1cc(C(=O)N2CCN(C(=O)Nc3ccc(-c4nccs4)cc3)CC2)c(C)o1. The number of piperazine rings is 1. The lowest BCUT2D eigenvalue weighted by Crippen LogP contribution is -2.51. The fraction of sp³-hybridized carbons (Fsp3) is 0.286. The van der Waals surface area contributed by atoms with Crippen LogP contribution in [0.4, 0.5) is 10.5 Å². The Labute approximate surface area is 173 Å². The van der Waals surface area contributed by atoms with Gasteiger partial charge < -0.3 is 19.5 Å². The number of carbonyl (C=O) groups is 2. The lowest BCUT2D eigenvalue weighted by atomic mass is 10.2. The molecule has 0 bridgehead atoms. The molecule has 3 heterocycles. The maximum absolute atomic E-state index is 12.7. The molecule has 1 aromatic carbocycles. The van der Waals surface area contributed by atoms with E-state index in [2.05, 4.69) is 10.3 Å². The van der Waals surface area contributed by atoms with Crippen molar-refractivity contribution in [1.29, 1.82) is 0 Å². The zero-order valence-corrected chi connectivity index (χ0v) is 17.2. The molecule has 1 aliphatic rings. The lowest BCUT2D eigenvalue weighted by molar-refractivity contribution is 0.0670. The van der Waals surface area contributed by atoms with Crippen molar-refractivity contribution in [3.05, 3.63) is 59.0 Å². The van der Waals surface area contributed by atoms with Gasteiger partial charge in [0.25, 0.3) is 5.91 Å². The highest BCUT2D eigenvalue weighted by Gasteiger charge is 2.26. The first kappa shape index (κ1) is 19.2. The van der Waals surface area contributed by atoms with Crippen LogP contribution in [0.25, 0.3) is 10.6 Å². The standard InChI is InChI=1S/C21H22N4O3S/c1-14-13-18(15(2)28-14)20(26)24-8-10-25(11-9-24)21(27)23-17-5-3-16(4-6-17)19-22-7-12-29-19/h3-7,12-13H,8-11H2,1-2H3,(H,23,27). The molecule has 0 atom stereocenters. The van der Waals surface area contributed by atoms with E-state index in [1.807, 2.05) is 36.6 Å². The van der Waals surface area contributed by atoms with Crippen molar-refractivity contribution in [2.75, 3.05) is 31.5 Å². The summed E-state index contributed by atoms with van der Waals surface area (Å²) in [5, 5.41) is 5.81. The molecule has 8 heteroatoms. The summed E-state index contributed by atoms with van der Waals surface area (Å²) in [4.78, 5) is 33.0. The summed E-state index contributed by atoms with van der Waals surface area (Å²) < 4.78 is 5.46. The molecule has 0 spiro atoms. The number of anilines is 1. The third-order valence-corrected chi connectivity index (χ3v) is 5.76. The molecule has 29 heavy (non-hydrogen) atoms. The molecule has 1 saturated heterocycles. The number of hydrogen-bond donors (Lipinski definition) is 1. The quantitative estimate of drug-likeness (QED) is 0.708. The van der Waals surface area contributed by atoms with Crippen molar-refractivity contribution >= 4 is 29.0 Å². The van der Waals surface area contributed by atoms with Crippen LogP contribution in [0, 0.1) is 13.8 Å². The first-order valence-corrected chi connectivity index (χ1v) is 10.3. The average Bonchev–Trinajstić information content (AvgIpc) is 3.38. The van der Waals surface area contributed by atoms with Crippen LogP contribution in [0.5, 0.6) is 0 Å². The summed E-state index contributed by atoms with van der Waals surface area (Å²) in [6.07, 6.45) is 1.77. The molecule has 0 aliphatic carbocycles. The van der Waals surface area contributed by atoms with E-state index in [0.29, 0.717) is 37.5 Å². The van der Waals surface area contributed by atoms with Crippen molar-refractivity contribution < 1.29 is 14.0 Å². The van der Waals surface area contributed by atoms with Crippen LogP contribution in [0.15, 0.2) is 46.3 Å². The van der Waals surface area contributed by atoms with E-state index in [-0.39, 0.29) is 11.9 Å². The topological polar surface area (TPSA) is 78.7 Å². The molecule has 3 aromatic rings. The highest BCUT2D eigenvalue weighted by Crippen LogP contribution is 2.23. The summed E-state index contributed by atoms with van der Waals surface area (Å²) in [7, 11) is 0. The van der Waals surface area contributed by atoms with Gasteiger partial charge in [0.1, 0.15) is 16.5 Å².